The van der Waals surface area contributed by atoms with Crippen LogP contribution in [-0.4, -0.2) is 49.5 Å². The molecule has 0 bridgehead atoms. The van der Waals surface area contributed by atoms with E-state index in [9.17, 15) is 4.79 Å². The predicted molar refractivity (Wildman–Crippen MR) is 102 cm³/mol. The number of likely N-dealkylation sites (tertiary alicyclic amines) is 1. The average molecular weight is 367 g/mol. The molecule has 0 unspecified atom stereocenters. The van der Waals surface area contributed by atoms with Gasteiger partial charge in [-0.05, 0) is 25.0 Å². The van der Waals surface area contributed by atoms with E-state index in [0.717, 1.165) is 37.2 Å². The van der Waals surface area contributed by atoms with Gasteiger partial charge in [-0.25, -0.2) is 0 Å². The first-order valence-electron chi connectivity index (χ1n) is 9.00. The van der Waals surface area contributed by atoms with Crippen LogP contribution in [-0.2, 0) is 4.79 Å². The van der Waals surface area contributed by atoms with E-state index in [0.29, 0.717) is 16.6 Å². The van der Waals surface area contributed by atoms with Crippen LogP contribution in [0.25, 0.3) is 16.9 Å². The van der Waals surface area contributed by atoms with Crippen molar-refractivity contribution in [3.8, 4) is 11.3 Å². The summed E-state index contributed by atoms with van der Waals surface area (Å²) >= 11 is 1.40. The van der Waals surface area contributed by atoms with Crippen LogP contribution >= 0.6 is 11.8 Å². The van der Waals surface area contributed by atoms with Gasteiger partial charge in [-0.15, -0.1) is 10.2 Å². The minimum atomic E-state index is 0.174. The van der Waals surface area contributed by atoms with Gasteiger partial charge in [0.1, 0.15) is 0 Å². The molecular weight excluding hydrogens is 346 g/mol. The van der Waals surface area contributed by atoms with E-state index in [2.05, 4.69) is 15.3 Å². The van der Waals surface area contributed by atoms with Crippen molar-refractivity contribution < 1.29 is 4.79 Å². The number of hydrogen-bond acceptors (Lipinski definition) is 5. The summed E-state index contributed by atoms with van der Waals surface area (Å²) in [5, 5.41) is 13.7. The van der Waals surface area contributed by atoms with Crippen molar-refractivity contribution in [1.82, 2.24) is 24.7 Å². The molecule has 134 valence electrons. The van der Waals surface area contributed by atoms with Crippen LogP contribution in [0.5, 0.6) is 0 Å². The largest absolute Gasteiger partial charge is 0.342 e. The SMILES string of the molecule is O=C(CSc1nnc2ccc(-c3ccccc3)nn12)N1CCCCCC1. The molecule has 3 aromatic rings. The number of nitrogens with zero attached hydrogens (tertiary/aromatic N) is 5. The summed E-state index contributed by atoms with van der Waals surface area (Å²) in [6, 6.07) is 13.9. The third kappa shape index (κ3) is 3.72. The zero-order valence-corrected chi connectivity index (χ0v) is 15.4. The summed E-state index contributed by atoms with van der Waals surface area (Å²) in [7, 11) is 0. The Morgan fingerprint density at radius 2 is 1.73 bits per heavy atom. The van der Waals surface area contributed by atoms with E-state index in [1.165, 1.54) is 24.6 Å². The van der Waals surface area contributed by atoms with Gasteiger partial charge in [-0.2, -0.15) is 9.61 Å². The van der Waals surface area contributed by atoms with Gasteiger partial charge in [0.25, 0.3) is 0 Å². The Kier molecular flexibility index (Phi) is 5.15. The molecule has 0 N–H and O–H groups in total. The number of carbonyl (C=O) groups excluding carboxylic acids is 1. The lowest BCUT2D eigenvalue weighted by molar-refractivity contribution is -0.128. The Morgan fingerprint density at radius 1 is 0.962 bits per heavy atom. The van der Waals surface area contributed by atoms with Gasteiger partial charge in [0.2, 0.25) is 11.1 Å². The van der Waals surface area contributed by atoms with E-state index in [4.69, 9.17) is 0 Å². The molecule has 0 saturated carbocycles. The fourth-order valence-corrected chi connectivity index (χ4v) is 3.95. The maximum Gasteiger partial charge on any atom is 0.233 e. The van der Waals surface area contributed by atoms with Crippen molar-refractivity contribution in [3.05, 3.63) is 42.5 Å². The van der Waals surface area contributed by atoms with Crippen molar-refractivity contribution in [2.75, 3.05) is 18.8 Å². The second-order valence-corrected chi connectivity index (χ2v) is 7.36. The highest BCUT2D eigenvalue weighted by Crippen LogP contribution is 2.21. The number of fused-ring (bicyclic) bond motifs is 1. The van der Waals surface area contributed by atoms with Gasteiger partial charge < -0.3 is 4.90 Å². The minimum absolute atomic E-state index is 0.174. The molecule has 0 atom stereocenters. The van der Waals surface area contributed by atoms with Crippen molar-refractivity contribution in [2.24, 2.45) is 0 Å². The highest BCUT2D eigenvalue weighted by Gasteiger charge is 2.17. The van der Waals surface area contributed by atoms with Crippen LogP contribution in [0.1, 0.15) is 25.7 Å². The summed E-state index contributed by atoms with van der Waals surface area (Å²) in [6.45, 7) is 1.74. The van der Waals surface area contributed by atoms with Gasteiger partial charge in [0, 0.05) is 18.7 Å². The lowest BCUT2D eigenvalue weighted by Gasteiger charge is -2.19. The summed E-state index contributed by atoms with van der Waals surface area (Å²) in [4.78, 5) is 14.5. The van der Waals surface area contributed by atoms with Crippen LogP contribution in [0, 0.1) is 0 Å². The quantitative estimate of drug-likeness (QED) is 0.662. The maximum absolute atomic E-state index is 12.5. The highest BCUT2D eigenvalue weighted by atomic mass is 32.2. The minimum Gasteiger partial charge on any atom is -0.342 e. The fourth-order valence-electron chi connectivity index (χ4n) is 3.16. The second-order valence-electron chi connectivity index (χ2n) is 6.42. The van der Waals surface area contributed by atoms with Crippen molar-refractivity contribution in [1.29, 1.82) is 0 Å². The van der Waals surface area contributed by atoms with E-state index >= 15 is 0 Å². The molecule has 26 heavy (non-hydrogen) atoms. The standard InChI is InChI=1S/C19H21N5OS/c25-18(23-12-6-1-2-7-13-23)14-26-19-21-20-17-11-10-16(22-24(17)19)15-8-4-3-5-9-15/h3-5,8-11H,1-2,6-7,12-14H2. The molecule has 7 heteroatoms. The summed E-state index contributed by atoms with van der Waals surface area (Å²) < 4.78 is 1.72. The lowest BCUT2D eigenvalue weighted by atomic mass is 10.1. The van der Waals surface area contributed by atoms with E-state index in [1.807, 2.05) is 47.4 Å². The van der Waals surface area contributed by atoms with Crippen LogP contribution < -0.4 is 0 Å². The molecule has 0 spiro atoms. The van der Waals surface area contributed by atoms with Crippen molar-refractivity contribution >= 4 is 23.3 Å². The van der Waals surface area contributed by atoms with Gasteiger partial charge in [0.15, 0.2) is 5.65 Å². The van der Waals surface area contributed by atoms with Crippen LogP contribution in [0.4, 0.5) is 0 Å². The lowest BCUT2D eigenvalue weighted by Crippen LogP contribution is -2.33. The zero-order valence-electron chi connectivity index (χ0n) is 14.5. The number of benzene rings is 1. The monoisotopic (exact) mass is 367 g/mol. The van der Waals surface area contributed by atoms with Crippen LogP contribution in [0.2, 0.25) is 0 Å². The Labute approximate surface area is 156 Å². The summed E-state index contributed by atoms with van der Waals surface area (Å²) in [5.74, 6) is 0.547. The van der Waals surface area contributed by atoms with E-state index in [1.54, 1.807) is 4.52 Å². The third-order valence-corrected chi connectivity index (χ3v) is 5.49. The van der Waals surface area contributed by atoms with Gasteiger partial charge in [0.05, 0.1) is 11.4 Å². The predicted octanol–water partition coefficient (Wildman–Crippen LogP) is 3.29. The number of hydrogen-bond donors (Lipinski definition) is 0. The molecule has 1 saturated heterocycles. The maximum atomic E-state index is 12.5. The summed E-state index contributed by atoms with van der Waals surface area (Å²) in [5.41, 5.74) is 2.59. The topological polar surface area (TPSA) is 63.4 Å². The first-order chi connectivity index (χ1) is 12.8. The van der Waals surface area contributed by atoms with Gasteiger partial charge in [-0.1, -0.05) is 54.9 Å². The number of carbonyl (C=O) groups is 1. The molecule has 1 amide bonds. The molecule has 6 nitrogen and oxygen atoms in total. The smallest absolute Gasteiger partial charge is 0.233 e. The molecular formula is C19H21N5OS. The first-order valence-corrected chi connectivity index (χ1v) is 9.98. The third-order valence-electron chi connectivity index (χ3n) is 4.59. The molecule has 0 aliphatic carbocycles. The molecule has 0 radical (unpaired) electrons. The fraction of sp³-hybridized carbons (Fsp3) is 0.368. The Balaban J connectivity index is 1.50. The van der Waals surface area contributed by atoms with Gasteiger partial charge in [-0.3, -0.25) is 4.79 Å². The molecule has 3 heterocycles. The van der Waals surface area contributed by atoms with Gasteiger partial charge >= 0.3 is 0 Å². The number of amides is 1. The first kappa shape index (κ1) is 17.0. The molecule has 1 aliphatic rings. The second kappa shape index (κ2) is 7.86. The number of rotatable bonds is 4. The van der Waals surface area contributed by atoms with E-state index in [-0.39, 0.29) is 5.91 Å². The Bertz CT molecular complexity index is 887. The summed E-state index contributed by atoms with van der Waals surface area (Å²) in [6.07, 6.45) is 4.65. The molecule has 1 aromatic carbocycles. The van der Waals surface area contributed by atoms with Crippen LogP contribution in [0.15, 0.2) is 47.6 Å². The van der Waals surface area contributed by atoms with Crippen LogP contribution in [0.3, 0.4) is 0 Å². The Morgan fingerprint density at radius 3 is 2.50 bits per heavy atom. The molecule has 1 aliphatic heterocycles. The zero-order chi connectivity index (χ0) is 17.8. The van der Waals surface area contributed by atoms with E-state index < -0.39 is 0 Å². The molecule has 4 rings (SSSR count). The number of aromatic nitrogens is 4. The van der Waals surface area contributed by atoms with Crippen molar-refractivity contribution in [2.45, 2.75) is 30.8 Å². The molecule has 1 fully saturated rings. The Hall–Kier alpha value is -2.41. The highest BCUT2D eigenvalue weighted by molar-refractivity contribution is 7.99. The normalized spacial score (nSPS) is 15.2. The molecule has 2 aromatic heterocycles. The average Bonchev–Trinajstić information content (AvgIpc) is 2.90. The number of thioether (sulfide) groups is 1. The van der Waals surface area contributed by atoms with Crippen molar-refractivity contribution in [3.63, 3.8) is 0 Å².